The van der Waals surface area contributed by atoms with Gasteiger partial charge in [-0.25, -0.2) is 0 Å². The van der Waals surface area contributed by atoms with Crippen molar-refractivity contribution in [3.8, 4) is 0 Å². The summed E-state index contributed by atoms with van der Waals surface area (Å²) < 4.78 is 0. The lowest BCUT2D eigenvalue weighted by Crippen LogP contribution is -2.30. The molecule has 1 aromatic carbocycles. The molecular weight excluding hydrogens is 186 g/mol. The summed E-state index contributed by atoms with van der Waals surface area (Å²) in [5.41, 5.74) is 1.29. The maximum atomic E-state index is 11.4. The summed E-state index contributed by atoms with van der Waals surface area (Å²) in [5.74, 6) is 0.366. The molecule has 0 bridgehead atoms. The average Bonchev–Trinajstić information content (AvgIpc) is 2.58. The van der Waals surface area contributed by atoms with Gasteiger partial charge in [-0.2, -0.15) is 0 Å². The molecule has 0 saturated carbocycles. The predicted molar refractivity (Wildman–Crippen MR) is 60.6 cm³/mol. The van der Waals surface area contributed by atoms with E-state index in [9.17, 15) is 4.79 Å². The van der Waals surface area contributed by atoms with E-state index < -0.39 is 0 Å². The van der Waals surface area contributed by atoms with Crippen LogP contribution in [-0.2, 0) is 4.79 Å². The molecule has 80 valence electrons. The van der Waals surface area contributed by atoms with E-state index in [0.29, 0.717) is 30.8 Å². The van der Waals surface area contributed by atoms with E-state index in [1.807, 2.05) is 18.2 Å². The minimum Gasteiger partial charge on any atom is -0.298 e. The van der Waals surface area contributed by atoms with Crippen LogP contribution in [0, 0.1) is 0 Å². The molecule has 1 aliphatic rings. The van der Waals surface area contributed by atoms with Crippen LogP contribution in [0.4, 0.5) is 0 Å². The second kappa shape index (κ2) is 4.15. The average molecular weight is 203 g/mol. The van der Waals surface area contributed by atoms with Crippen LogP contribution in [0.15, 0.2) is 30.3 Å². The number of carbonyl (C=O) groups excluding carboxylic acids is 1. The Labute approximate surface area is 90.9 Å². The first-order valence-corrected chi connectivity index (χ1v) is 5.51. The van der Waals surface area contributed by atoms with Gasteiger partial charge in [0.05, 0.1) is 6.54 Å². The van der Waals surface area contributed by atoms with Crippen molar-refractivity contribution in [1.29, 1.82) is 0 Å². The SMILES string of the molecule is CC(c1ccccc1)N1CC(=O)C[C@@H]1C. The quantitative estimate of drug-likeness (QED) is 0.735. The lowest BCUT2D eigenvalue weighted by Gasteiger charge is -2.27. The monoisotopic (exact) mass is 203 g/mol. The van der Waals surface area contributed by atoms with Gasteiger partial charge >= 0.3 is 0 Å². The van der Waals surface area contributed by atoms with E-state index in [1.165, 1.54) is 5.56 Å². The Morgan fingerprint density at radius 2 is 2.00 bits per heavy atom. The molecule has 1 fully saturated rings. The lowest BCUT2D eigenvalue weighted by atomic mass is 10.1. The number of Topliss-reactive ketones (excluding diaryl/α,β-unsaturated/α-hetero) is 1. The van der Waals surface area contributed by atoms with Crippen molar-refractivity contribution in [2.24, 2.45) is 0 Å². The second-order valence-corrected chi connectivity index (χ2v) is 4.35. The zero-order chi connectivity index (χ0) is 10.8. The maximum absolute atomic E-state index is 11.4. The molecular formula is C13H17NO. The Morgan fingerprint density at radius 1 is 1.33 bits per heavy atom. The lowest BCUT2D eigenvalue weighted by molar-refractivity contribution is -0.117. The van der Waals surface area contributed by atoms with Gasteiger partial charge in [0.25, 0.3) is 0 Å². The first-order valence-electron chi connectivity index (χ1n) is 5.51. The zero-order valence-corrected chi connectivity index (χ0v) is 9.31. The van der Waals surface area contributed by atoms with E-state index in [4.69, 9.17) is 0 Å². The molecule has 2 rings (SSSR count). The number of nitrogens with zero attached hydrogens (tertiary/aromatic N) is 1. The molecule has 15 heavy (non-hydrogen) atoms. The van der Waals surface area contributed by atoms with Gasteiger partial charge in [0, 0.05) is 18.5 Å². The minimum atomic E-state index is 0.340. The van der Waals surface area contributed by atoms with Crippen molar-refractivity contribution in [3.05, 3.63) is 35.9 Å². The Balaban J connectivity index is 2.15. The van der Waals surface area contributed by atoms with Crippen LogP contribution in [0.2, 0.25) is 0 Å². The molecule has 2 atom stereocenters. The fourth-order valence-electron chi connectivity index (χ4n) is 2.31. The van der Waals surface area contributed by atoms with Crippen molar-refractivity contribution in [3.63, 3.8) is 0 Å². The highest BCUT2D eigenvalue weighted by Gasteiger charge is 2.30. The van der Waals surface area contributed by atoms with E-state index >= 15 is 0 Å². The predicted octanol–water partition coefficient (Wildman–Crippen LogP) is 2.41. The molecule has 0 spiro atoms. The van der Waals surface area contributed by atoms with Gasteiger partial charge in [-0.1, -0.05) is 30.3 Å². The fourth-order valence-corrected chi connectivity index (χ4v) is 2.31. The minimum absolute atomic E-state index is 0.340. The van der Waals surface area contributed by atoms with Gasteiger partial charge in [0.15, 0.2) is 0 Å². The Morgan fingerprint density at radius 3 is 2.53 bits per heavy atom. The number of hydrogen-bond donors (Lipinski definition) is 0. The Hall–Kier alpha value is -1.15. The molecule has 1 aliphatic heterocycles. The molecule has 0 aromatic heterocycles. The van der Waals surface area contributed by atoms with Crippen molar-refractivity contribution in [1.82, 2.24) is 4.90 Å². The summed E-state index contributed by atoms with van der Waals surface area (Å²) >= 11 is 0. The smallest absolute Gasteiger partial charge is 0.148 e. The highest BCUT2D eigenvalue weighted by molar-refractivity contribution is 5.83. The van der Waals surface area contributed by atoms with Crippen LogP contribution in [0.5, 0.6) is 0 Å². The topological polar surface area (TPSA) is 20.3 Å². The number of ketones is 1. The maximum Gasteiger partial charge on any atom is 0.148 e. The number of likely N-dealkylation sites (tertiary alicyclic amines) is 1. The molecule has 0 aliphatic carbocycles. The van der Waals surface area contributed by atoms with Crippen molar-refractivity contribution in [2.75, 3.05) is 6.54 Å². The van der Waals surface area contributed by atoms with Gasteiger partial charge in [-0.3, -0.25) is 9.69 Å². The van der Waals surface area contributed by atoms with Crippen LogP contribution in [-0.4, -0.2) is 23.3 Å². The standard InChI is InChI=1S/C13H17NO/c1-10-8-13(15)9-14(10)11(2)12-6-4-3-5-7-12/h3-7,10-11H,8-9H2,1-2H3/t10-,11?/m0/s1. The summed E-state index contributed by atoms with van der Waals surface area (Å²) in [6.07, 6.45) is 0.706. The Kier molecular flexibility index (Phi) is 2.87. The fraction of sp³-hybridized carbons (Fsp3) is 0.462. The van der Waals surface area contributed by atoms with Gasteiger partial charge in [-0.15, -0.1) is 0 Å². The van der Waals surface area contributed by atoms with Crippen LogP contribution >= 0.6 is 0 Å². The van der Waals surface area contributed by atoms with Crippen molar-refractivity contribution < 1.29 is 4.79 Å². The second-order valence-electron chi connectivity index (χ2n) is 4.35. The third-order valence-electron chi connectivity index (χ3n) is 3.23. The number of benzene rings is 1. The summed E-state index contributed by atoms with van der Waals surface area (Å²) in [7, 11) is 0. The summed E-state index contributed by atoms with van der Waals surface area (Å²) in [6, 6.07) is 11.1. The van der Waals surface area contributed by atoms with Crippen molar-refractivity contribution in [2.45, 2.75) is 32.4 Å². The largest absolute Gasteiger partial charge is 0.298 e. The molecule has 2 nitrogen and oxygen atoms in total. The number of hydrogen-bond acceptors (Lipinski definition) is 2. The normalized spacial score (nSPS) is 24.4. The van der Waals surface area contributed by atoms with Crippen LogP contribution in [0.25, 0.3) is 0 Å². The first kappa shape index (κ1) is 10.4. The molecule has 2 heteroatoms. The zero-order valence-electron chi connectivity index (χ0n) is 9.31. The molecule has 1 unspecified atom stereocenters. The molecule has 1 aromatic rings. The molecule has 0 radical (unpaired) electrons. The van der Waals surface area contributed by atoms with E-state index in [-0.39, 0.29) is 0 Å². The van der Waals surface area contributed by atoms with Crippen LogP contribution in [0.3, 0.4) is 0 Å². The van der Waals surface area contributed by atoms with Crippen LogP contribution < -0.4 is 0 Å². The third kappa shape index (κ3) is 2.10. The number of carbonyl (C=O) groups is 1. The van der Waals surface area contributed by atoms with E-state index in [1.54, 1.807) is 0 Å². The van der Waals surface area contributed by atoms with Crippen LogP contribution in [0.1, 0.15) is 31.9 Å². The molecule has 1 heterocycles. The number of rotatable bonds is 2. The van der Waals surface area contributed by atoms with Gasteiger partial charge in [-0.05, 0) is 19.4 Å². The third-order valence-corrected chi connectivity index (χ3v) is 3.23. The highest BCUT2D eigenvalue weighted by Crippen LogP contribution is 2.27. The van der Waals surface area contributed by atoms with Gasteiger partial charge in [0.2, 0.25) is 0 Å². The molecule has 0 N–H and O–H groups in total. The summed E-state index contributed by atoms with van der Waals surface area (Å²) in [5, 5.41) is 0. The van der Waals surface area contributed by atoms with E-state index in [2.05, 4.69) is 30.9 Å². The van der Waals surface area contributed by atoms with Crippen molar-refractivity contribution >= 4 is 5.78 Å². The molecule has 1 saturated heterocycles. The first-order chi connectivity index (χ1) is 7.18. The molecule has 0 amide bonds. The van der Waals surface area contributed by atoms with E-state index in [0.717, 1.165) is 0 Å². The highest BCUT2D eigenvalue weighted by atomic mass is 16.1. The summed E-state index contributed by atoms with van der Waals surface area (Å²) in [4.78, 5) is 13.6. The summed E-state index contributed by atoms with van der Waals surface area (Å²) in [6.45, 7) is 4.91. The van der Waals surface area contributed by atoms with Gasteiger partial charge < -0.3 is 0 Å². The van der Waals surface area contributed by atoms with Gasteiger partial charge in [0.1, 0.15) is 5.78 Å². The Bertz CT molecular complexity index is 347.